The van der Waals surface area contributed by atoms with E-state index in [1.807, 2.05) is 31.3 Å². The van der Waals surface area contributed by atoms with E-state index >= 15 is 0 Å². The zero-order chi connectivity index (χ0) is 12.0. The molecule has 0 bridgehead atoms. The number of nitrogens with two attached hydrogens (primary N) is 1. The van der Waals surface area contributed by atoms with E-state index in [4.69, 9.17) is 5.73 Å². The van der Waals surface area contributed by atoms with Gasteiger partial charge in [-0.1, -0.05) is 6.07 Å². The second-order valence-corrected chi connectivity index (χ2v) is 4.17. The third kappa shape index (κ3) is 1.56. The van der Waals surface area contributed by atoms with Crippen molar-refractivity contribution >= 4 is 17.4 Å². The molecule has 2 heterocycles. The van der Waals surface area contributed by atoms with Gasteiger partial charge in [0.15, 0.2) is 0 Å². The Balaban J connectivity index is 2.09. The molecule has 3 rings (SSSR count). The fourth-order valence-corrected chi connectivity index (χ4v) is 2.15. The van der Waals surface area contributed by atoms with Gasteiger partial charge in [-0.25, -0.2) is 0 Å². The van der Waals surface area contributed by atoms with Gasteiger partial charge in [0.05, 0.1) is 12.1 Å². The molecule has 86 valence electrons. The minimum Gasteiger partial charge on any atom is -0.382 e. The van der Waals surface area contributed by atoms with Gasteiger partial charge >= 0.3 is 0 Å². The van der Waals surface area contributed by atoms with E-state index in [1.54, 1.807) is 4.68 Å². The first-order valence-corrected chi connectivity index (χ1v) is 5.36. The van der Waals surface area contributed by atoms with Crippen LogP contribution in [0.4, 0.5) is 11.5 Å². The highest BCUT2D eigenvalue weighted by Gasteiger charge is 2.18. The molecule has 1 aliphatic rings. The molecule has 5 heteroatoms. The number of nitrogen functional groups attached to an aromatic ring is 1. The maximum absolute atomic E-state index is 11.3. The van der Waals surface area contributed by atoms with Crippen LogP contribution in [0.15, 0.2) is 24.3 Å². The average Bonchev–Trinajstić information content (AvgIpc) is 2.78. The van der Waals surface area contributed by atoms with Crippen molar-refractivity contribution in [3.8, 4) is 11.3 Å². The predicted octanol–water partition coefficient (Wildman–Crippen LogP) is 1.16. The summed E-state index contributed by atoms with van der Waals surface area (Å²) in [4.78, 5) is 11.3. The van der Waals surface area contributed by atoms with Crippen LogP contribution in [0, 0.1) is 0 Å². The lowest BCUT2D eigenvalue weighted by Crippen LogP contribution is -2.03. The number of carbonyl (C=O) groups is 1. The Labute approximate surface area is 98.2 Å². The van der Waals surface area contributed by atoms with Crippen molar-refractivity contribution < 1.29 is 4.79 Å². The summed E-state index contributed by atoms with van der Waals surface area (Å²) in [5, 5.41) is 6.92. The molecule has 0 unspecified atom stereocenters. The quantitative estimate of drug-likeness (QED) is 0.769. The van der Waals surface area contributed by atoms with Gasteiger partial charge in [-0.3, -0.25) is 9.48 Å². The van der Waals surface area contributed by atoms with Crippen molar-refractivity contribution in [3.05, 3.63) is 29.8 Å². The second-order valence-electron chi connectivity index (χ2n) is 4.17. The van der Waals surface area contributed by atoms with Gasteiger partial charge in [0, 0.05) is 24.4 Å². The van der Waals surface area contributed by atoms with Crippen LogP contribution < -0.4 is 11.1 Å². The summed E-state index contributed by atoms with van der Waals surface area (Å²) in [5.41, 5.74) is 9.54. The molecule has 5 nitrogen and oxygen atoms in total. The summed E-state index contributed by atoms with van der Waals surface area (Å²) in [6.45, 7) is 0. The number of nitrogens with one attached hydrogen (secondary N) is 1. The molecule has 0 fully saturated rings. The highest BCUT2D eigenvalue weighted by Crippen LogP contribution is 2.29. The number of benzene rings is 1. The molecule has 2 aromatic rings. The first-order chi connectivity index (χ1) is 8.13. The van der Waals surface area contributed by atoms with Crippen LogP contribution in [-0.4, -0.2) is 15.7 Å². The van der Waals surface area contributed by atoms with Crippen molar-refractivity contribution in [3.63, 3.8) is 0 Å². The predicted molar refractivity (Wildman–Crippen MR) is 65.4 cm³/mol. The highest BCUT2D eigenvalue weighted by molar-refractivity contribution is 5.99. The molecule has 1 aromatic heterocycles. The van der Waals surface area contributed by atoms with Crippen LogP contribution in [0.3, 0.4) is 0 Å². The Morgan fingerprint density at radius 2 is 2.24 bits per heavy atom. The smallest absolute Gasteiger partial charge is 0.228 e. The summed E-state index contributed by atoms with van der Waals surface area (Å²) < 4.78 is 1.74. The lowest BCUT2D eigenvalue weighted by atomic mass is 10.1. The van der Waals surface area contributed by atoms with Crippen LogP contribution in [0.2, 0.25) is 0 Å². The van der Waals surface area contributed by atoms with Gasteiger partial charge in [0.1, 0.15) is 5.82 Å². The SMILES string of the molecule is Cn1nc(N)cc1-c1ccc2c(c1)CC(=O)N2. The van der Waals surface area contributed by atoms with E-state index in [-0.39, 0.29) is 5.91 Å². The molecule has 0 radical (unpaired) electrons. The van der Waals surface area contributed by atoms with E-state index in [0.29, 0.717) is 12.2 Å². The van der Waals surface area contributed by atoms with Crippen molar-refractivity contribution in [1.82, 2.24) is 9.78 Å². The van der Waals surface area contributed by atoms with E-state index in [9.17, 15) is 4.79 Å². The molecular weight excluding hydrogens is 216 g/mol. The highest BCUT2D eigenvalue weighted by atomic mass is 16.1. The molecule has 17 heavy (non-hydrogen) atoms. The zero-order valence-electron chi connectivity index (χ0n) is 9.40. The van der Waals surface area contributed by atoms with Crippen LogP contribution in [-0.2, 0) is 18.3 Å². The van der Waals surface area contributed by atoms with Crippen molar-refractivity contribution in [2.75, 3.05) is 11.1 Å². The van der Waals surface area contributed by atoms with E-state index in [1.165, 1.54) is 0 Å². The Morgan fingerprint density at radius 3 is 2.94 bits per heavy atom. The van der Waals surface area contributed by atoms with Gasteiger partial charge in [0.2, 0.25) is 5.91 Å². The van der Waals surface area contributed by atoms with E-state index in [2.05, 4.69) is 10.4 Å². The Kier molecular flexibility index (Phi) is 1.95. The number of carbonyl (C=O) groups excluding carboxylic acids is 1. The maximum atomic E-state index is 11.3. The average molecular weight is 228 g/mol. The Bertz CT molecular complexity index is 615. The number of nitrogens with zero attached hydrogens (tertiary/aromatic N) is 2. The number of aromatic nitrogens is 2. The molecular formula is C12H12N4O. The number of anilines is 2. The summed E-state index contributed by atoms with van der Waals surface area (Å²) >= 11 is 0. The van der Waals surface area contributed by atoms with Gasteiger partial charge in [-0.2, -0.15) is 5.10 Å². The van der Waals surface area contributed by atoms with Crippen LogP contribution in [0.1, 0.15) is 5.56 Å². The first kappa shape index (κ1) is 9.89. The van der Waals surface area contributed by atoms with Crippen LogP contribution >= 0.6 is 0 Å². The minimum atomic E-state index is 0.0432. The summed E-state index contributed by atoms with van der Waals surface area (Å²) in [5.74, 6) is 0.541. The molecule has 0 spiro atoms. The Morgan fingerprint density at radius 1 is 1.41 bits per heavy atom. The van der Waals surface area contributed by atoms with Gasteiger partial charge in [0.25, 0.3) is 0 Å². The topological polar surface area (TPSA) is 72.9 Å². The van der Waals surface area contributed by atoms with Crippen molar-refractivity contribution in [2.45, 2.75) is 6.42 Å². The zero-order valence-corrected chi connectivity index (χ0v) is 9.40. The van der Waals surface area contributed by atoms with Crippen LogP contribution in [0.25, 0.3) is 11.3 Å². The molecule has 1 aliphatic heterocycles. The Hall–Kier alpha value is -2.30. The number of hydrogen-bond acceptors (Lipinski definition) is 3. The van der Waals surface area contributed by atoms with E-state index < -0.39 is 0 Å². The molecule has 1 amide bonds. The van der Waals surface area contributed by atoms with Gasteiger partial charge < -0.3 is 11.1 Å². The van der Waals surface area contributed by atoms with Gasteiger partial charge in [-0.15, -0.1) is 0 Å². The minimum absolute atomic E-state index is 0.0432. The third-order valence-corrected chi connectivity index (χ3v) is 2.92. The summed E-state index contributed by atoms with van der Waals surface area (Å²) in [6.07, 6.45) is 0.441. The molecule has 0 saturated carbocycles. The summed E-state index contributed by atoms with van der Waals surface area (Å²) in [7, 11) is 1.85. The lowest BCUT2D eigenvalue weighted by molar-refractivity contribution is -0.115. The number of aryl methyl sites for hydroxylation is 1. The van der Waals surface area contributed by atoms with Crippen LogP contribution in [0.5, 0.6) is 0 Å². The number of fused-ring (bicyclic) bond motifs is 1. The molecule has 0 aliphatic carbocycles. The van der Waals surface area contributed by atoms with Crippen molar-refractivity contribution in [2.24, 2.45) is 7.05 Å². The summed E-state index contributed by atoms with van der Waals surface area (Å²) in [6, 6.07) is 7.70. The molecule has 0 atom stereocenters. The molecule has 0 saturated heterocycles. The van der Waals surface area contributed by atoms with E-state index in [0.717, 1.165) is 22.5 Å². The lowest BCUT2D eigenvalue weighted by Gasteiger charge is -2.04. The number of rotatable bonds is 1. The largest absolute Gasteiger partial charge is 0.382 e. The monoisotopic (exact) mass is 228 g/mol. The second kappa shape index (κ2) is 3.35. The van der Waals surface area contributed by atoms with Crippen molar-refractivity contribution in [1.29, 1.82) is 0 Å². The number of hydrogen-bond donors (Lipinski definition) is 2. The fraction of sp³-hybridized carbons (Fsp3) is 0.167. The maximum Gasteiger partial charge on any atom is 0.228 e. The number of amides is 1. The van der Waals surface area contributed by atoms with Gasteiger partial charge in [-0.05, 0) is 17.7 Å². The first-order valence-electron chi connectivity index (χ1n) is 5.36. The fourth-order valence-electron chi connectivity index (χ4n) is 2.15. The standard InChI is InChI=1S/C12H12N4O/c1-16-10(6-11(13)15-16)7-2-3-9-8(4-7)5-12(17)14-9/h2-4,6H,5H2,1H3,(H2,13,15)(H,14,17). The molecule has 3 N–H and O–H groups in total. The normalized spacial score (nSPS) is 13.6. The third-order valence-electron chi connectivity index (χ3n) is 2.92. The molecule has 1 aromatic carbocycles.